The van der Waals surface area contributed by atoms with Gasteiger partial charge in [0.05, 0.1) is 0 Å². The van der Waals surface area contributed by atoms with Crippen LogP contribution in [-0.4, -0.2) is 40.6 Å². The first-order valence-electron chi connectivity index (χ1n) is 7.35. The summed E-state index contributed by atoms with van der Waals surface area (Å²) >= 11 is 2.16. The van der Waals surface area contributed by atoms with E-state index in [0.717, 1.165) is 17.3 Å². The van der Waals surface area contributed by atoms with Gasteiger partial charge in [-0.05, 0) is 50.8 Å². The van der Waals surface area contributed by atoms with E-state index in [1.807, 2.05) is 0 Å². The van der Waals surface area contributed by atoms with E-state index in [1.54, 1.807) is 0 Å². The van der Waals surface area contributed by atoms with Crippen LogP contribution in [0, 0.1) is 0 Å². The summed E-state index contributed by atoms with van der Waals surface area (Å²) in [5.74, 6) is 1.36. The van der Waals surface area contributed by atoms with Crippen LogP contribution in [0.15, 0.2) is 0 Å². The average Bonchev–Trinajstić information content (AvgIpc) is 2.74. The number of hydrogen-bond donors (Lipinski definition) is 1. The van der Waals surface area contributed by atoms with Gasteiger partial charge in [0.1, 0.15) is 0 Å². The monoisotopic (exact) mass is 256 g/mol. The van der Waals surface area contributed by atoms with Gasteiger partial charge in [-0.2, -0.15) is 11.8 Å². The van der Waals surface area contributed by atoms with Crippen molar-refractivity contribution in [3.8, 4) is 0 Å². The maximum absolute atomic E-state index is 6.03. The average molecular weight is 256 g/mol. The van der Waals surface area contributed by atoms with Gasteiger partial charge in [0, 0.05) is 23.4 Å². The summed E-state index contributed by atoms with van der Waals surface area (Å²) in [5, 5.41) is 0.831. The SMILES string of the molecule is CCCN(C1CCC(N)CC1)C1CCSC1C. The number of nitrogens with zero attached hydrogens (tertiary/aromatic N) is 1. The second-order valence-corrected chi connectivity index (χ2v) is 7.22. The summed E-state index contributed by atoms with van der Waals surface area (Å²) < 4.78 is 0. The molecule has 2 unspecified atom stereocenters. The molecule has 0 aromatic rings. The molecule has 1 heterocycles. The number of nitrogens with two attached hydrogens (primary N) is 1. The lowest BCUT2D eigenvalue weighted by atomic mass is 9.89. The van der Waals surface area contributed by atoms with Gasteiger partial charge in [-0.3, -0.25) is 4.90 Å². The predicted molar refractivity (Wildman–Crippen MR) is 77.6 cm³/mol. The van der Waals surface area contributed by atoms with Crippen LogP contribution in [0.1, 0.15) is 52.4 Å². The highest BCUT2D eigenvalue weighted by atomic mass is 32.2. The van der Waals surface area contributed by atoms with Gasteiger partial charge in [-0.25, -0.2) is 0 Å². The van der Waals surface area contributed by atoms with E-state index < -0.39 is 0 Å². The van der Waals surface area contributed by atoms with E-state index in [4.69, 9.17) is 5.73 Å². The maximum Gasteiger partial charge on any atom is 0.0222 e. The molecule has 0 radical (unpaired) electrons. The Bertz CT molecular complexity index is 226. The molecule has 0 spiro atoms. The normalized spacial score (nSPS) is 38.8. The maximum atomic E-state index is 6.03. The van der Waals surface area contributed by atoms with Crippen LogP contribution < -0.4 is 5.73 Å². The summed E-state index contributed by atoms with van der Waals surface area (Å²) in [6.07, 6.45) is 7.81. The van der Waals surface area contributed by atoms with E-state index in [1.165, 1.54) is 50.8 Å². The van der Waals surface area contributed by atoms with Crippen molar-refractivity contribution in [1.82, 2.24) is 4.90 Å². The fraction of sp³-hybridized carbons (Fsp3) is 1.00. The zero-order valence-corrected chi connectivity index (χ0v) is 12.2. The smallest absolute Gasteiger partial charge is 0.0222 e. The molecule has 2 atom stereocenters. The van der Waals surface area contributed by atoms with Gasteiger partial charge in [-0.15, -0.1) is 0 Å². The fourth-order valence-corrected chi connectivity index (χ4v) is 4.73. The van der Waals surface area contributed by atoms with Crippen LogP contribution in [0.2, 0.25) is 0 Å². The Hall–Kier alpha value is 0.270. The highest BCUT2D eigenvalue weighted by Gasteiger charge is 2.34. The number of thioether (sulfide) groups is 1. The Morgan fingerprint density at radius 1 is 1.18 bits per heavy atom. The van der Waals surface area contributed by atoms with E-state index in [9.17, 15) is 0 Å². The van der Waals surface area contributed by atoms with Crippen LogP contribution in [-0.2, 0) is 0 Å². The van der Waals surface area contributed by atoms with Gasteiger partial charge in [0.15, 0.2) is 0 Å². The first kappa shape index (κ1) is 13.7. The molecule has 2 fully saturated rings. The van der Waals surface area contributed by atoms with Crippen molar-refractivity contribution >= 4 is 11.8 Å². The quantitative estimate of drug-likeness (QED) is 0.838. The molecule has 0 aromatic carbocycles. The summed E-state index contributed by atoms with van der Waals surface area (Å²) in [5.41, 5.74) is 6.03. The third kappa shape index (κ3) is 3.39. The molecule has 2 aliphatic rings. The van der Waals surface area contributed by atoms with Crippen LogP contribution in [0.5, 0.6) is 0 Å². The van der Waals surface area contributed by atoms with Gasteiger partial charge >= 0.3 is 0 Å². The fourth-order valence-electron chi connectivity index (χ4n) is 3.47. The van der Waals surface area contributed by atoms with E-state index in [2.05, 4.69) is 30.5 Å². The topological polar surface area (TPSA) is 29.3 Å². The third-order valence-electron chi connectivity index (χ3n) is 4.45. The minimum Gasteiger partial charge on any atom is -0.328 e. The Morgan fingerprint density at radius 3 is 2.41 bits per heavy atom. The van der Waals surface area contributed by atoms with Crippen LogP contribution >= 0.6 is 11.8 Å². The number of rotatable bonds is 4. The highest BCUT2D eigenvalue weighted by Crippen LogP contribution is 2.34. The van der Waals surface area contributed by atoms with Crippen molar-refractivity contribution in [1.29, 1.82) is 0 Å². The molecule has 17 heavy (non-hydrogen) atoms. The largest absolute Gasteiger partial charge is 0.328 e. The van der Waals surface area contributed by atoms with Gasteiger partial charge in [0.2, 0.25) is 0 Å². The zero-order valence-electron chi connectivity index (χ0n) is 11.4. The van der Waals surface area contributed by atoms with Crippen molar-refractivity contribution in [2.75, 3.05) is 12.3 Å². The molecule has 1 aliphatic heterocycles. The third-order valence-corrected chi connectivity index (χ3v) is 5.77. The lowest BCUT2D eigenvalue weighted by Gasteiger charge is -2.41. The second-order valence-electron chi connectivity index (χ2n) is 5.74. The van der Waals surface area contributed by atoms with Crippen molar-refractivity contribution in [3.05, 3.63) is 0 Å². The molecular formula is C14H28N2S. The summed E-state index contributed by atoms with van der Waals surface area (Å²) in [6, 6.07) is 2.13. The molecule has 1 aliphatic carbocycles. The molecule has 2 nitrogen and oxygen atoms in total. The Labute approximate surface area is 111 Å². The lowest BCUT2D eigenvalue weighted by Crippen LogP contribution is -2.48. The standard InChI is InChI=1S/C14H28N2S/c1-3-9-16(14-8-10-17-11(14)2)13-6-4-12(15)5-7-13/h11-14H,3-10,15H2,1-2H3. The van der Waals surface area contributed by atoms with Crippen molar-refractivity contribution in [2.45, 2.75) is 75.7 Å². The van der Waals surface area contributed by atoms with Crippen LogP contribution in [0.3, 0.4) is 0 Å². The van der Waals surface area contributed by atoms with E-state index in [0.29, 0.717) is 6.04 Å². The molecule has 2 N–H and O–H groups in total. The van der Waals surface area contributed by atoms with E-state index >= 15 is 0 Å². The number of hydrogen-bond acceptors (Lipinski definition) is 3. The van der Waals surface area contributed by atoms with E-state index in [-0.39, 0.29) is 0 Å². The van der Waals surface area contributed by atoms with Crippen LogP contribution in [0.25, 0.3) is 0 Å². The Balaban J connectivity index is 1.96. The molecule has 1 saturated heterocycles. The minimum atomic E-state index is 0.477. The van der Waals surface area contributed by atoms with Crippen molar-refractivity contribution in [3.63, 3.8) is 0 Å². The van der Waals surface area contributed by atoms with Crippen LogP contribution in [0.4, 0.5) is 0 Å². The van der Waals surface area contributed by atoms with Crippen molar-refractivity contribution < 1.29 is 0 Å². The molecule has 2 rings (SSSR count). The van der Waals surface area contributed by atoms with Crippen molar-refractivity contribution in [2.24, 2.45) is 5.73 Å². The zero-order chi connectivity index (χ0) is 12.3. The first-order chi connectivity index (χ1) is 8.22. The summed E-state index contributed by atoms with van der Waals surface area (Å²) in [4.78, 5) is 2.83. The molecule has 3 heteroatoms. The van der Waals surface area contributed by atoms with Gasteiger partial charge in [-0.1, -0.05) is 13.8 Å². The molecule has 0 bridgehead atoms. The second kappa shape index (κ2) is 6.44. The summed E-state index contributed by atoms with van der Waals surface area (Å²) in [7, 11) is 0. The van der Waals surface area contributed by atoms with Gasteiger partial charge < -0.3 is 5.73 Å². The minimum absolute atomic E-state index is 0.477. The predicted octanol–water partition coefficient (Wildman–Crippen LogP) is 2.86. The molecular weight excluding hydrogens is 228 g/mol. The Kier molecular flexibility index (Phi) is 5.19. The molecule has 0 aromatic heterocycles. The molecule has 0 amide bonds. The summed E-state index contributed by atoms with van der Waals surface area (Å²) in [6.45, 7) is 6.02. The Morgan fingerprint density at radius 2 is 1.88 bits per heavy atom. The lowest BCUT2D eigenvalue weighted by molar-refractivity contribution is 0.101. The highest BCUT2D eigenvalue weighted by molar-refractivity contribution is 8.00. The first-order valence-corrected chi connectivity index (χ1v) is 8.40. The van der Waals surface area contributed by atoms with Gasteiger partial charge in [0.25, 0.3) is 0 Å². The molecule has 100 valence electrons. The molecule has 1 saturated carbocycles.